The molecule has 1 amide bonds. The number of alkyl halides is 3. The van der Waals surface area contributed by atoms with E-state index in [1.807, 2.05) is 4.90 Å². The number of nitrogens with two attached hydrogens (primary N) is 1. The lowest BCUT2D eigenvalue weighted by atomic mass is 9.97. The molecular formula is C17H24Cl2F3N3O2. The number of ether oxygens (including phenoxy) is 1. The Morgan fingerprint density at radius 2 is 1.93 bits per heavy atom. The first kappa shape index (κ1) is 23.7. The van der Waals surface area contributed by atoms with Gasteiger partial charge in [-0.2, -0.15) is 0 Å². The molecule has 0 bridgehead atoms. The summed E-state index contributed by atoms with van der Waals surface area (Å²) >= 11 is 0. The molecule has 1 aromatic rings. The van der Waals surface area contributed by atoms with Crippen LogP contribution in [0, 0.1) is 0 Å². The van der Waals surface area contributed by atoms with Crippen molar-refractivity contribution in [3.63, 3.8) is 0 Å². The Balaban J connectivity index is 0.00000182. The summed E-state index contributed by atoms with van der Waals surface area (Å²) in [5, 5.41) is 3.00. The van der Waals surface area contributed by atoms with E-state index in [9.17, 15) is 18.0 Å². The summed E-state index contributed by atoms with van der Waals surface area (Å²) < 4.78 is 41.0. The molecule has 0 radical (unpaired) electrons. The number of benzene rings is 1. The van der Waals surface area contributed by atoms with Gasteiger partial charge in [0, 0.05) is 30.9 Å². The molecule has 1 aliphatic heterocycles. The molecule has 154 valence electrons. The number of nitrogens with one attached hydrogen (secondary N) is 1. The smallest absolute Gasteiger partial charge is 0.406 e. The Labute approximate surface area is 168 Å². The molecule has 2 aliphatic rings. The maximum atomic E-state index is 12.4. The van der Waals surface area contributed by atoms with Crippen molar-refractivity contribution in [3.05, 3.63) is 24.3 Å². The van der Waals surface area contributed by atoms with Gasteiger partial charge in [-0.05, 0) is 31.4 Å². The molecule has 1 aliphatic carbocycles. The van der Waals surface area contributed by atoms with Gasteiger partial charge in [-0.3, -0.25) is 4.79 Å². The normalized spacial score (nSPS) is 21.2. The van der Waals surface area contributed by atoms with Crippen molar-refractivity contribution in [3.8, 4) is 5.75 Å². The third-order valence-corrected chi connectivity index (χ3v) is 4.89. The van der Waals surface area contributed by atoms with Crippen molar-refractivity contribution < 1.29 is 22.7 Å². The van der Waals surface area contributed by atoms with Crippen LogP contribution in [0.15, 0.2) is 24.3 Å². The Hall–Kier alpha value is -1.38. The van der Waals surface area contributed by atoms with Gasteiger partial charge in [0.2, 0.25) is 5.91 Å². The van der Waals surface area contributed by atoms with E-state index < -0.39 is 11.9 Å². The van der Waals surface area contributed by atoms with Crippen molar-refractivity contribution in [1.29, 1.82) is 0 Å². The van der Waals surface area contributed by atoms with Crippen molar-refractivity contribution in [2.75, 3.05) is 18.0 Å². The zero-order valence-corrected chi connectivity index (χ0v) is 16.3. The largest absolute Gasteiger partial charge is 0.573 e. The summed E-state index contributed by atoms with van der Waals surface area (Å²) in [4.78, 5) is 14.3. The molecule has 1 atom stereocenters. The number of halogens is 5. The first-order chi connectivity index (χ1) is 11.8. The highest BCUT2D eigenvalue weighted by Gasteiger charge is 2.38. The van der Waals surface area contributed by atoms with Gasteiger partial charge in [0.15, 0.2) is 0 Å². The van der Waals surface area contributed by atoms with Crippen LogP contribution >= 0.6 is 24.8 Å². The molecule has 1 aromatic carbocycles. The lowest BCUT2D eigenvalue weighted by molar-refractivity contribution is -0.274. The molecule has 1 saturated heterocycles. The van der Waals surface area contributed by atoms with E-state index in [0.717, 1.165) is 19.3 Å². The fourth-order valence-corrected chi connectivity index (χ4v) is 3.55. The van der Waals surface area contributed by atoms with Crippen LogP contribution in [0.4, 0.5) is 18.9 Å². The Kier molecular flexibility index (Phi) is 8.07. The summed E-state index contributed by atoms with van der Waals surface area (Å²) in [6.07, 6.45) is -0.652. The number of amides is 1. The van der Waals surface area contributed by atoms with Crippen molar-refractivity contribution >= 4 is 36.4 Å². The van der Waals surface area contributed by atoms with Gasteiger partial charge >= 0.3 is 6.36 Å². The Morgan fingerprint density at radius 3 is 2.56 bits per heavy atom. The van der Waals surface area contributed by atoms with E-state index in [4.69, 9.17) is 5.73 Å². The van der Waals surface area contributed by atoms with Gasteiger partial charge in [0.25, 0.3) is 0 Å². The topological polar surface area (TPSA) is 67.6 Å². The summed E-state index contributed by atoms with van der Waals surface area (Å²) in [5.41, 5.74) is 6.03. The number of anilines is 1. The predicted octanol–water partition coefficient (Wildman–Crippen LogP) is 3.40. The van der Waals surface area contributed by atoms with E-state index >= 15 is 0 Å². The molecule has 3 rings (SSSR count). The Bertz CT molecular complexity index is 640. The lowest BCUT2D eigenvalue weighted by Gasteiger charge is -2.25. The molecule has 0 spiro atoms. The minimum absolute atomic E-state index is 0. The van der Waals surface area contributed by atoms with Gasteiger partial charge in [0.1, 0.15) is 5.75 Å². The van der Waals surface area contributed by atoms with Crippen LogP contribution in [0.25, 0.3) is 0 Å². The minimum Gasteiger partial charge on any atom is -0.406 e. The van der Waals surface area contributed by atoms with Gasteiger partial charge in [0.05, 0.1) is 5.54 Å². The summed E-state index contributed by atoms with van der Waals surface area (Å²) in [7, 11) is 0. The molecule has 5 nitrogen and oxygen atoms in total. The second-order valence-corrected chi connectivity index (χ2v) is 6.81. The van der Waals surface area contributed by atoms with E-state index in [0.29, 0.717) is 31.6 Å². The molecule has 27 heavy (non-hydrogen) atoms. The van der Waals surface area contributed by atoms with Crippen LogP contribution in [0.2, 0.25) is 0 Å². The molecule has 3 N–H and O–H groups in total. The quantitative estimate of drug-likeness (QED) is 0.769. The molecule has 1 saturated carbocycles. The van der Waals surface area contributed by atoms with E-state index in [1.54, 1.807) is 6.07 Å². The third kappa shape index (κ3) is 6.05. The SMILES string of the molecule is Cl.Cl.NC1(C(=O)NC2CCN(c3cccc(OC(F)(F)F)c3)C2)CCCC1. The van der Waals surface area contributed by atoms with Crippen molar-refractivity contribution in [2.24, 2.45) is 5.73 Å². The van der Waals surface area contributed by atoms with Crippen LogP contribution < -0.4 is 20.7 Å². The average Bonchev–Trinajstić information content (AvgIpc) is 3.16. The number of hydrogen-bond donors (Lipinski definition) is 2. The Morgan fingerprint density at radius 1 is 1.26 bits per heavy atom. The number of rotatable bonds is 4. The minimum atomic E-state index is -4.71. The fraction of sp³-hybridized carbons (Fsp3) is 0.588. The third-order valence-electron chi connectivity index (χ3n) is 4.89. The fourth-order valence-electron chi connectivity index (χ4n) is 3.55. The maximum absolute atomic E-state index is 12.4. The molecule has 0 aromatic heterocycles. The molecule has 2 fully saturated rings. The van der Waals surface area contributed by atoms with Crippen LogP contribution in [-0.4, -0.2) is 36.9 Å². The standard InChI is InChI=1S/C17H22F3N3O2.2ClH/c18-17(19,20)25-14-5-3-4-13(10-14)23-9-6-12(11-23)22-15(24)16(21)7-1-2-8-16;;/h3-5,10,12H,1-2,6-9,11,21H2,(H,22,24);2*1H. The first-order valence-electron chi connectivity index (χ1n) is 8.46. The number of carbonyl (C=O) groups excluding carboxylic acids is 1. The van der Waals surface area contributed by atoms with Crippen LogP contribution in [0.5, 0.6) is 5.75 Å². The number of nitrogens with zero attached hydrogens (tertiary/aromatic N) is 1. The summed E-state index contributed by atoms with van der Waals surface area (Å²) in [5.74, 6) is -0.365. The van der Waals surface area contributed by atoms with Gasteiger partial charge in [-0.15, -0.1) is 38.0 Å². The van der Waals surface area contributed by atoms with Crippen LogP contribution in [0.1, 0.15) is 32.1 Å². The van der Waals surface area contributed by atoms with Gasteiger partial charge < -0.3 is 20.7 Å². The molecule has 1 unspecified atom stereocenters. The molecule has 10 heteroatoms. The summed E-state index contributed by atoms with van der Waals surface area (Å²) in [6, 6.07) is 5.83. The van der Waals surface area contributed by atoms with Gasteiger partial charge in [-0.1, -0.05) is 18.9 Å². The lowest BCUT2D eigenvalue weighted by Crippen LogP contribution is -2.54. The highest BCUT2D eigenvalue weighted by molar-refractivity contribution is 5.86. The second kappa shape index (κ2) is 9.21. The first-order valence-corrected chi connectivity index (χ1v) is 8.46. The van der Waals surface area contributed by atoms with E-state index in [1.165, 1.54) is 18.2 Å². The van der Waals surface area contributed by atoms with Crippen molar-refractivity contribution in [2.45, 2.75) is 50.0 Å². The number of carbonyl (C=O) groups is 1. The summed E-state index contributed by atoms with van der Waals surface area (Å²) in [6.45, 7) is 1.19. The zero-order chi connectivity index (χ0) is 18.1. The van der Waals surface area contributed by atoms with Crippen molar-refractivity contribution in [1.82, 2.24) is 5.32 Å². The van der Waals surface area contributed by atoms with E-state index in [-0.39, 0.29) is 42.5 Å². The second-order valence-electron chi connectivity index (χ2n) is 6.81. The number of hydrogen-bond acceptors (Lipinski definition) is 4. The van der Waals surface area contributed by atoms with Crippen LogP contribution in [0.3, 0.4) is 0 Å². The zero-order valence-electron chi connectivity index (χ0n) is 14.6. The van der Waals surface area contributed by atoms with Crippen LogP contribution in [-0.2, 0) is 4.79 Å². The maximum Gasteiger partial charge on any atom is 0.573 e. The molecular weight excluding hydrogens is 406 g/mol. The average molecular weight is 430 g/mol. The highest BCUT2D eigenvalue weighted by atomic mass is 35.5. The predicted molar refractivity (Wildman–Crippen MR) is 102 cm³/mol. The van der Waals surface area contributed by atoms with E-state index in [2.05, 4.69) is 10.1 Å². The molecule has 1 heterocycles. The highest BCUT2D eigenvalue weighted by Crippen LogP contribution is 2.30. The monoisotopic (exact) mass is 429 g/mol. The van der Waals surface area contributed by atoms with Gasteiger partial charge in [-0.25, -0.2) is 0 Å².